The Morgan fingerprint density at radius 3 is 3.05 bits per heavy atom. The van der Waals surface area contributed by atoms with Gasteiger partial charge in [0.2, 0.25) is 5.91 Å². The van der Waals surface area contributed by atoms with E-state index < -0.39 is 0 Å². The molecule has 3 rings (SSSR count). The molecule has 2 heterocycles. The maximum absolute atomic E-state index is 12.0. The van der Waals surface area contributed by atoms with E-state index in [-0.39, 0.29) is 24.4 Å². The molecule has 1 aromatic carbocycles. The predicted molar refractivity (Wildman–Crippen MR) is 78.1 cm³/mol. The zero-order valence-electron chi connectivity index (χ0n) is 10.1. The van der Waals surface area contributed by atoms with Gasteiger partial charge in [0.1, 0.15) is 6.04 Å². The van der Waals surface area contributed by atoms with Crippen LogP contribution in [0.1, 0.15) is 0 Å². The molecule has 1 amide bonds. The van der Waals surface area contributed by atoms with Crippen LogP contribution < -0.4 is 10.6 Å². The van der Waals surface area contributed by atoms with E-state index in [1.54, 1.807) is 0 Å². The summed E-state index contributed by atoms with van der Waals surface area (Å²) >= 11 is 1.48. The molecule has 1 aliphatic rings. The van der Waals surface area contributed by atoms with Crippen molar-refractivity contribution in [2.24, 2.45) is 0 Å². The van der Waals surface area contributed by atoms with Crippen LogP contribution in [0.25, 0.3) is 10.2 Å². The number of aromatic nitrogens is 1. The maximum Gasteiger partial charge on any atom is 0.245 e. The van der Waals surface area contributed by atoms with Gasteiger partial charge in [-0.05, 0) is 12.1 Å². The van der Waals surface area contributed by atoms with E-state index in [2.05, 4.69) is 15.6 Å². The number of hydrogen-bond acceptors (Lipinski definition) is 5. The summed E-state index contributed by atoms with van der Waals surface area (Å²) in [4.78, 5) is 16.3. The van der Waals surface area contributed by atoms with Crippen molar-refractivity contribution in [2.75, 3.05) is 25.1 Å². The molecule has 0 aliphatic carbocycles. The molecule has 1 aromatic heterocycles. The number of nitrogens with zero attached hydrogens (tertiary/aromatic N) is 1. The van der Waals surface area contributed by atoms with Crippen molar-refractivity contribution in [3.63, 3.8) is 0 Å². The number of carbonyl (C=O) groups is 1. The summed E-state index contributed by atoms with van der Waals surface area (Å²) in [6.45, 7) is 1.78. The van der Waals surface area contributed by atoms with Crippen LogP contribution in [0.5, 0.6) is 0 Å². The van der Waals surface area contributed by atoms with Gasteiger partial charge in [-0.25, -0.2) is 4.98 Å². The second kappa shape index (κ2) is 6.29. The molecule has 0 saturated carbocycles. The summed E-state index contributed by atoms with van der Waals surface area (Å²) in [6, 6.07) is 7.53. The molecule has 102 valence electrons. The van der Waals surface area contributed by atoms with Gasteiger partial charge in [0, 0.05) is 6.54 Å². The molecule has 1 aliphatic heterocycles. The zero-order valence-corrected chi connectivity index (χ0v) is 11.7. The Kier molecular flexibility index (Phi) is 4.71. The standard InChI is InChI=1S/C12H13N3O2S.ClH/c16-11(9-7-17-6-5-13-9)15-12-14-8-3-1-2-4-10(8)18-12;/h1-4,9,13H,5-7H2,(H,14,15,16);1H. The Balaban J connectivity index is 0.00000133. The van der Waals surface area contributed by atoms with Gasteiger partial charge in [-0.2, -0.15) is 0 Å². The topological polar surface area (TPSA) is 63.2 Å². The van der Waals surface area contributed by atoms with E-state index >= 15 is 0 Å². The highest BCUT2D eigenvalue weighted by molar-refractivity contribution is 7.22. The van der Waals surface area contributed by atoms with Gasteiger partial charge >= 0.3 is 0 Å². The minimum Gasteiger partial charge on any atom is -0.378 e. The lowest BCUT2D eigenvalue weighted by Crippen LogP contribution is -2.48. The minimum absolute atomic E-state index is 0. The number of morpholine rings is 1. The Morgan fingerprint density at radius 1 is 1.47 bits per heavy atom. The molecule has 2 aromatic rings. The summed E-state index contributed by atoms with van der Waals surface area (Å²) in [6.07, 6.45) is 0. The normalized spacial score (nSPS) is 18.8. The zero-order chi connectivity index (χ0) is 12.4. The highest BCUT2D eigenvalue weighted by Gasteiger charge is 2.21. The van der Waals surface area contributed by atoms with Crippen molar-refractivity contribution in [3.8, 4) is 0 Å². The van der Waals surface area contributed by atoms with E-state index in [9.17, 15) is 4.79 Å². The van der Waals surface area contributed by atoms with E-state index in [1.807, 2.05) is 24.3 Å². The molecule has 0 spiro atoms. The third-order valence-electron chi connectivity index (χ3n) is 2.76. The van der Waals surface area contributed by atoms with Crippen LogP contribution in [0, 0.1) is 0 Å². The summed E-state index contributed by atoms with van der Waals surface area (Å²) in [5.41, 5.74) is 0.908. The van der Waals surface area contributed by atoms with E-state index in [0.29, 0.717) is 24.9 Å². The Hall–Kier alpha value is -1.21. The largest absolute Gasteiger partial charge is 0.378 e. The number of hydrogen-bond donors (Lipinski definition) is 2. The molecule has 5 nitrogen and oxygen atoms in total. The number of carbonyl (C=O) groups excluding carboxylic acids is 1. The van der Waals surface area contributed by atoms with Crippen molar-refractivity contribution in [2.45, 2.75) is 6.04 Å². The van der Waals surface area contributed by atoms with Crippen molar-refractivity contribution >= 4 is 45.0 Å². The molecule has 0 bridgehead atoms. The van der Waals surface area contributed by atoms with Crippen LogP contribution in [0.15, 0.2) is 24.3 Å². The van der Waals surface area contributed by atoms with Crippen molar-refractivity contribution in [1.82, 2.24) is 10.3 Å². The molecular weight excluding hydrogens is 286 g/mol. The van der Waals surface area contributed by atoms with Crippen molar-refractivity contribution < 1.29 is 9.53 Å². The second-order valence-electron chi connectivity index (χ2n) is 4.06. The van der Waals surface area contributed by atoms with E-state index in [1.165, 1.54) is 11.3 Å². The molecular formula is C12H14ClN3O2S. The van der Waals surface area contributed by atoms with Crippen molar-refractivity contribution in [1.29, 1.82) is 0 Å². The van der Waals surface area contributed by atoms with Crippen LogP contribution >= 0.6 is 23.7 Å². The van der Waals surface area contributed by atoms with Gasteiger partial charge < -0.3 is 15.4 Å². The maximum atomic E-state index is 12.0. The number of amides is 1. The average Bonchev–Trinajstić information content (AvgIpc) is 2.82. The summed E-state index contributed by atoms with van der Waals surface area (Å²) < 4.78 is 6.33. The van der Waals surface area contributed by atoms with Gasteiger partial charge in [0.15, 0.2) is 5.13 Å². The summed E-state index contributed by atoms with van der Waals surface area (Å²) in [5, 5.41) is 6.57. The molecule has 19 heavy (non-hydrogen) atoms. The number of para-hydroxylation sites is 1. The lowest BCUT2D eigenvalue weighted by atomic mass is 10.2. The van der Waals surface area contributed by atoms with Gasteiger partial charge in [0.25, 0.3) is 0 Å². The predicted octanol–water partition coefficient (Wildman–Crippen LogP) is 1.64. The molecule has 1 saturated heterocycles. The third-order valence-corrected chi connectivity index (χ3v) is 3.71. The van der Waals surface area contributed by atoms with Crippen LogP contribution in [-0.2, 0) is 9.53 Å². The smallest absolute Gasteiger partial charge is 0.245 e. The molecule has 1 atom stereocenters. The van der Waals surface area contributed by atoms with E-state index in [4.69, 9.17) is 4.74 Å². The minimum atomic E-state index is -0.286. The Morgan fingerprint density at radius 2 is 2.32 bits per heavy atom. The van der Waals surface area contributed by atoms with Crippen LogP contribution in [-0.4, -0.2) is 36.7 Å². The number of fused-ring (bicyclic) bond motifs is 1. The first-order valence-electron chi connectivity index (χ1n) is 5.80. The first-order valence-corrected chi connectivity index (χ1v) is 6.62. The Bertz CT molecular complexity index is 536. The Labute approximate surface area is 120 Å². The quantitative estimate of drug-likeness (QED) is 0.885. The van der Waals surface area contributed by atoms with Gasteiger partial charge in [0.05, 0.1) is 23.4 Å². The van der Waals surface area contributed by atoms with E-state index in [0.717, 1.165) is 10.2 Å². The molecule has 1 fully saturated rings. The van der Waals surface area contributed by atoms with Gasteiger partial charge in [-0.15, -0.1) is 12.4 Å². The highest BCUT2D eigenvalue weighted by atomic mass is 35.5. The number of rotatable bonds is 2. The van der Waals surface area contributed by atoms with Crippen LogP contribution in [0.3, 0.4) is 0 Å². The van der Waals surface area contributed by atoms with Crippen molar-refractivity contribution in [3.05, 3.63) is 24.3 Å². The van der Waals surface area contributed by atoms with Crippen LogP contribution in [0.2, 0.25) is 0 Å². The number of benzene rings is 1. The number of ether oxygens (including phenoxy) is 1. The first-order chi connectivity index (χ1) is 8.83. The molecule has 2 N–H and O–H groups in total. The fourth-order valence-electron chi connectivity index (χ4n) is 1.85. The van der Waals surface area contributed by atoms with Crippen LogP contribution in [0.4, 0.5) is 5.13 Å². The SMILES string of the molecule is Cl.O=C(Nc1nc2ccccc2s1)C1COCCN1. The fraction of sp³-hybridized carbons (Fsp3) is 0.333. The number of halogens is 1. The fourth-order valence-corrected chi connectivity index (χ4v) is 2.72. The van der Waals surface area contributed by atoms with Gasteiger partial charge in [-0.1, -0.05) is 23.5 Å². The summed E-state index contributed by atoms with van der Waals surface area (Å²) in [5.74, 6) is -0.0891. The van der Waals surface area contributed by atoms with Gasteiger partial charge in [-0.3, -0.25) is 4.79 Å². The average molecular weight is 300 g/mol. The summed E-state index contributed by atoms with van der Waals surface area (Å²) in [7, 11) is 0. The highest BCUT2D eigenvalue weighted by Crippen LogP contribution is 2.25. The number of thiazole rings is 1. The first kappa shape index (κ1) is 14.2. The lowest BCUT2D eigenvalue weighted by molar-refractivity contribution is -0.120. The molecule has 0 radical (unpaired) electrons. The monoisotopic (exact) mass is 299 g/mol. The lowest BCUT2D eigenvalue weighted by Gasteiger charge is -2.22. The number of nitrogens with one attached hydrogen (secondary N) is 2. The third kappa shape index (κ3) is 3.22. The molecule has 1 unspecified atom stereocenters. The second-order valence-corrected chi connectivity index (χ2v) is 5.09. The molecule has 7 heteroatoms. The number of anilines is 1.